The molecular weight excluding hydrogens is 188 g/mol. The molecule has 0 saturated heterocycles. The Morgan fingerprint density at radius 1 is 1.20 bits per heavy atom. The van der Waals surface area contributed by atoms with Crippen molar-refractivity contribution in [3.63, 3.8) is 0 Å². The van der Waals surface area contributed by atoms with Gasteiger partial charge in [-0.2, -0.15) is 0 Å². The Bertz CT molecular complexity index is 194. The van der Waals surface area contributed by atoms with Crippen LogP contribution in [0.15, 0.2) is 0 Å². The molecular formula is C12H24N2O. The molecule has 0 heterocycles. The standard InChI is InChI=1S/C12H24N2O/c1-15-8-7-14(11-5-6-11)12-4-2-3-10(13)9-12/h10-12H,2-9,13H2,1H3. The topological polar surface area (TPSA) is 38.5 Å². The minimum absolute atomic E-state index is 0.438. The number of hydrogen-bond donors (Lipinski definition) is 1. The third-order valence-corrected chi connectivity index (χ3v) is 3.73. The predicted octanol–water partition coefficient (Wildman–Crippen LogP) is 1.37. The molecule has 2 aliphatic carbocycles. The van der Waals surface area contributed by atoms with E-state index >= 15 is 0 Å². The molecule has 3 heteroatoms. The van der Waals surface area contributed by atoms with Crippen LogP contribution in [0.5, 0.6) is 0 Å². The largest absolute Gasteiger partial charge is 0.383 e. The van der Waals surface area contributed by atoms with Crippen LogP contribution in [0.4, 0.5) is 0 Å². The highest BCUT2D eigenvalue weighted by molar-refractivity contribution is 4.91. The summed E-state index contributed by atoms with van der Waals surface area (Å²) < 4.78 is 5.19. The third-order valence-electron chi connectivity index (χ3n) is 3.73. The van der Waals surface area contributed by atoms with Gasteiger partial charge < -0.3 is 10.5 Å². The molecule has 2 atom stereocenters. The van der Waals surface area contributed by atoms with Gasteiger partial charge in [0.05, 0.1) is 6.61 Å². The summed E-state index contributed by atoms with van der Waals surface area (Å²) in [5.41, 5.74) is 6.05. The van der Waals surface area contributed by atoms with Crippen LogP contribution in [-0.2, 0) is 4.74 Å². The summed E-state index contributed by atoms with van der Waals surface area (Å²) in [6.07, 6.45) is 7.83. The second kappa shape index (κ2) is 5.28. The van der Waals surface area contributed by atoms with E-state index in [9.17, 15) is 0 Å². The molecule has 88 valence electrons. The Kier molecular flexibility index (Phi) is 4.00. The SMILES string of the molecule is COCCN(C1CC1)C1CCCC(N)C1. The van der Waals surface area contributed by atoms with Gasteiger partial charge in [-0.15, -0.1) is 0 Å². The van der Waals surface area contributed by atoms with Crippen LogP contribution in [0.25, 0.3) is 0 Å². The van der Waals surface area contributed by atoms with Gasteiger partial charge in [0.15, 0.2) is 0 Å². The number of nitrogens with zero attached hydrogens (tertiary/aromatic N) is 1. The maximum absolute atomic E-state index is 6.05. The molecule has 3 nitrogen and oxygen atoms in total. The van der Waals surface area contributed by atoms with Crippen molar-refractivity contribution in [2.75, 3.05) is 20.3 Å². The van der Waals surface area contributed by atoms with Crippen molar-refractivity contribution in [3.05, 3.63) is 0 Å². The van der Waals surface area contributed by atoms with Crippen molar-refractivity contribution in [2.24, 2.45) is 5.73 Å². The zero-order chi connectivity index (χ0) is 10.7. The number of hydrogen-bond acceptors (Lipinski definition) is 3. The van der Waals surface area contributed by atoms with E-state index in [2.05, 4.69) is 4.90 Å². The van der Waals surface area contributed by atoms with Crippen molar-refractivity contribution in [1.29, 1.82) is 0 Å². The van der Waals surface area contributed by atoms with Crippen LogP contribution in [0.1, 0.15) is 38.5 Å². The van der Waals surface area contributed by atoms with E-state index < -0.39 is 0 Å². The summed E-state index contributed by atoms with van der Waals surface area (Å²) >= 11 is 0. The van der Waals surface area contributed by atoms with Gasteiger partial charge in [0.2, 0.25) is 0 Å². The van der Waals surface area contributed by atoms with E-state index in [-0.39, 0.29) is 0 Å². The lowest BCUT2D eigenvalue weighted by atomic mass is 9.90. The van der Waals surface area contributed by atoms with Crippen molar-refractivity contribution in [1.82, 2.24) is 4.90 Å². The summed E-state index contributed by atoms with van der Waals surface area (Å²) in [4.78, 5) is 2.66. The van der Waals surface area contributed by atoms with Crippen molar-refractivity contribution < 1.29 is 4.74 Å². The number of rotatable bonds is 5. The average molecular weight is 212 g/mol. The summed E-state index contributed by atoms with van der Waals surface area (Å²) in [6.45, 7) is 1.96. The second-order valence-corrected chi connectivity index (χ2v) is 5.04. The average Bonchev–Trinajstić information content (AvgIpc) is 3.03. The maximum Gasteiger partial charge on any atom is 0.0589 e. The second-order valence-electron chi connectivity index (χ2n) is 5.04. The Morgan fingerprint density at radius 3 is 2.60 bits per heavy atom. The van der Waals surface area contributed by atoms with Crippen LogP contribution in [0.2, 0.25) is 0 Å². The maximum atomic E-state index is 6.05. The van der Waals surface area contributed by atoms with Crippen LogP contribution < -0.4 is 5.73 Å². The van der Waals surface area contributed by atoms with E-state index in [4.69, 9.17) is 10.5 Å². The highest BCUT2D eigenvalue weighted by Gasteiger charge is 2.35. The fraction of sp³-hybridized carbons (Fsp3) is 1.00. The number of methoxy groups -OCH3 is 1. The van der Waals surface area contributed by atoms with Crippen molar-refractivity contribution in [2.45, 2.75) is 56.7 Å². The molecule has 15 heavy (non-hydrogen) atoms. The summed E-state index contributed by atoms with van der Waals surface area (Å²) in [6, 6.07) is 2.01. The Balaban J connectivity index is 1.85. The van der Waals surface area contributed by atoms with E-state index in [0.717, 1.165) is 25.2 Å². The van der Waals surface area contributed by atoms with Gasteiger partial charge in [-0.05, 0) is 32.1 Å². The normalized spacial score (nSPS) is 32.2. The van der Waals surface area contributed by atoms with Gasteiger partial charge in [0.25, 0.3) is 0 Å². The molecule has 2 unspecified atom stereocenters. The third kappa shape index (κ3) is 3.16. The molecule has 2 rings (SSSR count). The van der Waals surface area contributed by atoms with Crippen molar-refractivity contribution >= 4 is 0 Å². The first-order chi connectivity index (χ1) is 7.31. The molecule has 2 saturated carbocycles. The first-order valence-corrected chi connectivity index (χ1v) is 6.31. The summed E-state index contributed by atoms with van der Waals surface area (Å²) in [7, 11) is 1.79. The monoisotopic (exact) mass is 212 g/mol. The first kappa shape index (κ1) is 11.4. The molecule has 2 aliphatic rings. The molecule has 0 aromatic rings. The van der Waals surface area contributed by atoms with Crippen molar-refractivity contribution in [3.8, 4) is 0 Å². The first-order valence-electron chi connectivity index (χ1n) is 6.31. The molecule has 0 spiro atoms. The number of ether oxygens (including phenoxy) is 1. The molecule has 0 aliphatic heterocycles. The highest BCUT2D eigenvalue weighted by atomic mass is 16.5. The smallest absolute Gasteiger partial charge is 0.0589 e. The zero-order valence-corrected chi connectivity index (χ0v) is 9.82. The Hall–Kier alpha value is -0.120. The quantitative estimate of drug-likeness (QED) is 0.748. The van der Waals surface area contributed by atoms with Gasteiger partial charge in [-0.1, -0.05) is 6.42 Å². The molecule has 2 N–H and O–H groups in total. The van der Waals surface area contributed by atoms with Gasteiger partial charge in [0.1, 0.15) is 0 Å². The van der Waals surface area contributed by atoms with Gasteiger partial charge in [-0.3, -0.25) is 4.90 Å². The van der Waals surface area contributed by atoms with Crippen LogP contribution >= 0.6 is 0 Å². The lowest BCUT2D eigenvalue weighted by Gasteiger charge is -2.36. The van der Waals surface area contributed by atoms with E-state index in [1.807, 2.05) is 0 Å². The molecule has 0 bridgehead atoms. The molecule has 0 aromatic heterocycles. The van der Waals surface area contributed by atoms with Crippen LogP contribution in [-0.4, -0.2) is 43.3 Å². The molecule has 2 fully saturated rings. The van der Waals surface area contributed by atoms with Gasteiger partial charge >= 0.3 is 0 Å². The van der Waals surface area contributed by atoms with Crippen LogP contribution in [0, 0.1) is 0 Å². The lowest BCUT2D eigenvalue weighted by molar-refractivity contribution is 0.0919. The van der Waals surface area contributed by atoms with E-state index in [0.29, 0.717) is 6.04 Å². The van der Waals surface area contributed by atoms with Gasteiger partial charge in [0, 0.05) is 31.8 Å². The number of nitrogens with two attached hydrogens (primary N) is 1. The lowest BCUT2D eigenvalue weighted by Crippen LogP contribution is -2.45. The molecule has 0 radical (unpaired) electrons. The van der Waals surface area contributed by atoms with Gasteiger partial charge in [-0.25, -0.2) is 0 Å². The Morgan fingerprint density at radius 2 is 2.00 bits per heavy atom. The van der Waals surface area contributed by atoms with Crippen LogP contribution in [0.3, 0.4) is 0 Å². The highest BCUT2D eigenvalue weighted by Crippen LogP contribution is 2.33. The minimum atomic E-state index is 0.438. The fourth-order valence-corrected chi connectivity index (χ4v) is 2.77. The zero-order valence-electron chi connectivity index (χ0n) is 9.82. The van der Waals surface area contributed by atoms with E-state index in [1.165, 1.54) is 38.5 Å². The minimum Gasteiger partial charge on any atom is -0.383 e. The summed E-state index contributed by atoms with van der Waals surface area (Å²) in [5, 5.41) is 0. The van der Waals surface area contributed by atoms with E-state index in [1.54, 1.807) is 7.11 Å². The molecule has 0 aromatic carbocycles. The predicted molar refractivity (Wildman–Crippen MR) is 61.8 cm³/mol. The summed E-state index contributed by atoms with van der Waals surface area (Å²) in [5.74, 6) is 0. The molecule has 0 amide bonds. The Labute approximate surface area is 93.0 Å². The fourth-order valence-electron chi connectivity index (χ4n) is 2.77.